The SMILES string of the molecule is C=O.CNC(Cc1cscn1)C(=O)Nc1nc(-c2ccc(F)cc2)cs1.O=C(O)C1CO1. The lowest BCUT2D eigenvalue weighted by Gasteiger charge is -2.13. The number of halogens is 1. The van der Waals surface area contributed by atoms with Gasteiger partial charge in [-0.1, -0.05) is 0 Å². The van der Waals surface area contributed by atoms with Gasteiger partial charge in [-0.3, -0.25) is 4.79 Å². The van der Waals surface area contributed by atoms with Crippen LogP contribution in [-0.2, 0) is 25.5 Å². The zero-order chi connectivity index (χ0) is 23.5. The molecule has 0 radical (unpaired) electrons. The molecule has 0 saturated carbocycles. The van der Waals surface area contributed by atoms with Crippen LogP contribution < -0.4 is 10.6 Å². The van der Waals surface area contributed by atoms with Crippen molar-refractivity contribution >= 4 is 46.5 Å². The number of carbonyl (C=O) groups excluding carboxylic acids is 2. The molecule has 0 aliphatic carbocycles. The van der Waals surface area contributed by atoms with Gasteiger partial charge in [0.05, 0.1) is 29.5 Å². The van der Waals surface area contributed by atoms with Gasteiger partial charge in [0.25, 0.3) is 0 Å². The van der Waals surface area contributed by atoms with Crippen LogP contribution in [0.5, 0.6) is 0 Å². The maximum atomic E-state index is 13.0. The van der Waals surface area contributed by atoms with E-state index in [0.29, 0.717) is 23.9 Å². The molecule has 2 unspecified atom stereocenters. The van der Waals surface area contributed by atoms with Gasteiger partial charge < -0.3 is 25.3 Å². The molecule has 12 heteroatoms. The minimum atomic E-state index is -0.852. The lowest BCUT2D eigenvalue weighted by molar-refractivity contribution is -0.138. The van der Waals surface area contributed by atoms with Gasteiger partial charge in [0.2, 0.25) is 5.91 Å². The summed E-state index contributed by atoms with van der Waals surface area (Å²) in [6.07, 6.45) is 0.0344. The van der Waals surface area contributed by atoms with Crippen molar-refractivity contribution in [3.8, 4) is 11.3 Å². The summed E-state index contributed by atoms with van der Waals surface area (Å²) in [5.41, 5.74) is 4.13. The summed E-state index contributed by atoms with van der Waals surface area (Å²) in [6.45, 7) is 2.40. The molecule has 1 aromatic carbocycles. The number of ether oxygens (including phenoxy) is 1. The van der Waals surface area contributed by atoms with Crippen LogP contribution in [-0.4, -0.2) is 59.5 Å². The van der Waals surface area contributed by atoms with Crippen LogP contribution in [0.2, 0.25) is 0 Å². The molecule has 9 nitrogen and oxygen atoms in total. The summed E-state index contributed by atoms with van der Waals surface area (Å²) in [6, 6.07) is 5.71. The second-order valence-corrected chi connectivity index (χ2v) is 7.80. The Morgan fingerprint density at radius 3 is 2.50 bits per heavy atom. The van der Waals surface area contributed by atoms with Crippen LogP contribution in [0.4, 0.5) is 9.52 Å². The second kappa shape index (κ2) is 12.7. The van der Waals surface area contributed by atoms with Crippen molar-refractivity contribution in [2.24, 2.45) is 0 Å². The van der Waals surface area contributed by atoms with E-state index in [9.17, 15) is 14.0 Å². The molecule has 32 heavy (non-hydrogen) atoms. The van der Waals surface area contributed by atoms with Crippen molar-refractivity contribution in [3.63, 3.8) is 0 Å². The molecule has 1 aliphatic rings. The van der Waals surface area contributed by atoms with E-state index in [0.717, 1.165) is 11.3 Å². The number of carbonyl (C=O) groups is 3. The number of nitrogens with one attached hydrogen (secondary N) is 2. The highest BCUT2D eigenvalue weighted by atomic mass is 32.1. The lowest BCUT2D eigenvalue weighted by Crippen LogP contribution is -2.40. The van der Waals surface area contributed by atoms with Crippen molar-refractivity contribution in [2.75, 3.05) is 19.0 Å². The highest BCUT2D eigenvalue weighted by Gasteiger charge is 2.30. The number of epoxide rings is 1. The Kier molecular flexibility index (Phi) is 10.0. The van der Waals surface area contributed by atoms with Gasteiger partial charge >= 0.3 is 5.97 Å². The standard InChI is InChI=1S/C16H15FN4OS2.C3H4O3.CH2O/c1-18-13(6-12-7-23-9-19-12)15(22)21-16-20-14(8-24-16)10-2-4-11(17)5-3-10;4-3(5)2-1-6-2;1-2/h2-5,7-9,13,18H,6H2,1H3,(H,20,21,22);2H,1H2,(H,4,5);1H2. The zero-order valence-corrected chi connectivity index (χ0v) is 18.6. The van der Waals surface area contributed by atoms with E-state index < -0.39 is 12.1 Å². The number of carboxylic acids is 1. The molecule has 2 aromatic heterocycles. The van der Waals surface area contributed by atoms with Crippen molar-refractivity contribution in [1.29, 1.82) is 0 Å². The van der Waals surface area contributed by atoms with Crippen molar-refractivity contribution in [2.45, 2.75) is 18.6 Å². The number of likely N-dealkylation sites (N-methyl/N-ethyl adjacent to an activating group) is 1. The van der Waals surface area contributed by atoms with Crippen molar-refractivity contribution < 1.29 is 28.6 Å². The Morgan fingerprint density at radius 1 is 1.31 bits per heavy atom. The molecule has 0 spiro atoms. The molecular formula is C20H21FN4O5S2. The summed E-state index contributed by atoms with van der Waals surface area (Å²) in [4.78, 5) is 38.6. The summed E-state index contributed by atoms with van der Waals surface area (Å²) in [7, 11) is 1.74. The number of carboxylic acid groups (broad SMARTS) is 1. The minimum Gasteiger partial charge on any atom is -0.479 e. The average molecular weight is 481 g/mol. The molecule has 2 atom stereocenters. The molecule has 3 N–H and O–H groups in total. The number of rotatable bonds is 7. The fourth-order valence-corrected chi connectivity index (χ4v) is 3.63. The van der Waals surface area contributed by atoms with E-state index in [1.54, 1.807) is 24.7 Å². The molecule has 1 saturated heterocycles. The van der Waals surface area contributed by atoms with E-state index in [4.69, 9.17) is 9.90 Å². The second-order valence-electron chi connectivity index (χ2n) is 6.22. The van der Waals surface area contributed by atoms with Crippen LogP contribution in [0.3, 0.4) is 0 Å². The first-order valence-electron chi connectivity index (χ1n) is 9.16. The number of aromatic nitrogens is 2. The van der Waals surface area contributed by atoms with Gasteiger partial charge in [-0.05, 0) is 31.3 Å². The van der Waals surface area contributed by atoms with E-state index in [2.05, 4.69) is 25.3 Å². The molecule has 1 aliphatic heterocycles. The molecule has 4 rings (SSSR count). The van der Waals surface area contributed by atoms with Gasteiger partial charge in [0.15, 0.2) is 11.2 Å². The highest BCUT2D eigenvalue weighted by Crippen LogP contribution is 2.25. The van der Waals surface area contributed by atoms with E-state index >= 15 is 0 Å². The maximum Gasteiger partial charge on any atom is 0.335 e. The van der Waals surface area contributed by atoms with Crippen LogP contribution in [0, 0.1) is 5.82 Å². The van der Waals surface area contributed by atoms with Gasteiger partial charge in [0, 0.05) is 22.7 Å². The first-order valence-corrected chi connectivity index (χ1v) is 11.0. The van der Waals surface area contributed by atoms with Crippen LogP contribution in [0.15, 0.2) is 40.5 Å². The first-order chi connectivity index (χ1) is 15.5. The summed E-state index contributed by atoms with van der Waals surface area (Å²) >= 11 is 2.84. The Bertz CT molecular complexity index is 994. The Morgan fingerprint density at radius 2 is 2.00 bits per heavy atom. The van der Waals surface area contributed by atoms with Gasteiger partial charge in [0.1, 0.15) is 12.6 Å². The first kappa shape index (κ1) is 25.2. The summed E-state index contributed by atoms with van der Waals surface area (Å²) in [5.74, 6) is -1.30. The third-order valence-electron chi connectivity index (χ3n) is 4.04. The number of aliphatic carboxylic acids is 1. The number of hydrogen-bond acceptors (Lipinski definition) is 9. The van der Waals surface area contributed by atoms with E-state index in [-0.39, 0.29) is 17.8 Å². The van der Waals surface area contributed by atoms with E-state index in [1.807, 2.05) is 17.5 Å². The summed E-state index contributed by atoms with van der Waals surface area (Å²) in [5, 5.41) is 18.0. The Hall–Kier alpha value is -3.06. The quantitative estimate of drug-likeness (QED) is 0.439. The molecule has 3 heterocycles. The monoisotopic (exact) mass is 480 g/mol. The summed E-state index contributed by atoms with van der Waals surface area (Å²) < 4.78 is 17.3. The number of hydrogen-bond donors (Lipinski definition) is 3. The molecule has 1 amide bonds. The van der Waals surface area contributed by atoms with Gasteiger partial charge in [-0.15, -0.1) is 22.7 Å². The van der Waals surface area contributed by atoms with Gasteiger partial charge in [-0.25, -0.2) is 19.2 Å². The van der Waals surface area contributed by atoms with Gasteiger partial charge in [-0.2, -0.15) is 0 Å². The van der Waals surface area contributed by atoms with E-state index in [1.165, 1.54) is 34.8 Å². The third kappa shape index (κ3) is 7.89. The maximum absolute atomic E-state index is 13.0. The zero-order valence-electron chi connectivity index (χ0n) is 17.0. The molecule has 1 fully saturated rings. The molecule has 0 bridgehead atoms. The van der Waals surface area contributed by atoms with Crippen molar-refractivity contribution in [3.05, 3.63) is 52.0 Å². The molecule has 170 valence electrons. The smallest absolute Gasteiger partial charge is 0.335 e. The number of nitrogens with zero attached hydrogens (tertiary/aromatic N) is 2. The number of benzene rings is 1. The highest BCUT2D eigenvalue weighted by molar-refractivity contribution is 7.14. The Labute approximate surface area is 191 Å². The average Bonchev–Trinajstić information content (AvgIpc) is 3.35. The number of anilines is 1. The number of thiazole rings is 2. The lowest BCUT2D eigenvalue weighted by atomic mass is 10.1. The third-order valence-corrected chi connectivity index (χ3v) is 5.44. The fourth-order valence-electron chi connectivity index (χ4n) is 2.34. The van der Waals surface area contributed by atoms with Crippen LogP contribution in [0.25, 0.3) is 11.3 Å². The van der Waals surface area contributed by atoms with Crippen molar-refractivity contribution in [1.82, 2.24) is 15.3 Å². The van der Waals surface area contributed by atoms with Crippen LogP contribution >= 0.6 is 22.7 Å². The number of amides is 1. The molecular weight excluding hydrogens is 459 g/mol. The Balaban J connectivity index is 0.000000387. The predicted octanol–water partition coefficient (Wildman–Crippen LogP) is 2.46. The largest absolute Gasteiger partial charge is 0.479 e. The normalized spacial score (nSPS) is 14.8. The topological polar surface area (TPSA) is 134 Å². The minimum absolute atomic E-state index is 0.162. The van der Waals surface area contributed by atoms with Crippen LogP contribution in [0.1, 0.15) is 5.69 Å². The predicted molar refractivity (Wildman–Crippen MR) is 119 cm³/mol. The fraction of sp³-hybridized carbons (Fsp3) is 0.250. The molecule has 3 aromatic rings.